The van der Waals surface area contributed by atoms with E-state index in [4.69, 9.17) is 0 Å². The molecule has 0 N–H and O–H groups in total. The maximum atomic E-state index is 12.3. The fourth-order valence-corrected chi connectivity index (χ4v) is 2.01. The Morgan fingerprint density at radius 1 is 1.25 bits per heavy atom. The van der Waals surface area contributed by atoms with E-state index in [-0.39, 0.29) is 0 Å². The normalized spacial score (nSPS) is 17.8. The van der Waals surface area contributed by atoms with E-state index in [9.17, 15) is 4.39 Å². The van der Waals surface area contributed by atoms with Crippen LogP contribution in [0.25, 0.3) is 0 Å². The van der Waals surface area contributed by atoms with Crippen molar-refractivity contribution in [2.24, 2.45) is 0 Å². The van der Waals surface area contributed by atoms with E-state index in [0.29, 0.717) is 5.69 Å². The van der Waals surface area contributed by atoms with E-state index in [1.54, 1.807) is 12.3 Å². The topological polar surface area (TPSA) is 19.4 Å². The van der Waals surface area contributed by atoms with Crippen molar-refractivity contribution in [2.45, 2.75) is 13.6 Å². The van der Waals surface area contributed by atoms with Crippen LogP contribution in [0.15, 0.2) is 18.3 Å². The van der Waals surface area contributed by atoms with Crippen molar-refractivity contribution in [3.8, 4) is 0 Å². The van der Waals surface area contributed by atoms with Crippen LogP contribution < -0.4 is 4.90 Å². The highest BCUT2D eigenvalue weighted by molar-refractivity contribution is 5.45. The van der Waals surface area contributed by atoms with Gasteiger partial charge < -0.3 is 9.80 Å². The van der Waals surface area contributed by atoms with Crippen LogP contribution in [0.5, 0.6) is 0 Å². The Hall–Kier alpha value is -1.16. The Morgan fingerprint density at radius 3 is 2.50 bits per heavy atom. The largest absolute Gasteiger partial charge is 0.368 e. The first-order valence-electron chi connectivity index (χ1n) is 5.81. The fourth-order valence-electron chi connectivity index (χ4n) is 2.01. The van der Waals surface area contributed by atoms with Gasteiger partial charge in [0.1, 0.15) is 6.67 Å². The van der Waals surface area contributed by atoms with Crippen LogP contribution >= 0.6 is 0 Å². The molecular weight excluding hydrogens is 205 g/mol. The zero-order chi connectivity index (χ0) is 11.4. The number of halogens is 1. The predicted octanol–water partition coefficient (Wildman–Crippen LogP) is 1.69. The average Bonchev–Trinajstić information content (AvgIpc) is 2.39. The highest BCUT2D eigenvalue weighted by Crippen LogP contribution is 2.15. The lowest BCUT2D eigenvalue weighted by atomic mass is 10.2. The molecule has 0 amide bonds. The molecule has 16 heavy (non-hydrogen) atoms. The summed E-state index contributed by atoms with van der Waals surface area (Å²) in [6.07, 6.45) is 1.77. The second-order valence-electron chi connectivity index (χ2n) is 4.06. The molecule has 3 nitrogen and oxygen atoms in total. The third-order valence-corrected chi connectivity index (χ3v) is 3.13. The average molecular weight is 223 g/mol. The number of hydrogen-bond donors (Lipinski definition) is 0. The van der Waals surface area contributed by atoms with Gasteiger partial charge in [-0.25, -0.2) is 4.39 Å². The Labute approximate surface area is 95.9 Å². The Balaban J connectivity index is 1.97. The second-order valence-corrected chi connectivity index (χ2v) is 4.06. The highest BCUT2D eigenvalue weighted by atomic mass is 19.1. The van der Waals surface area contributed by atoms with Crippen molar-refractivity contribution >= 4 is 5.69 Å². The van der Waals surface area contributed by atoms with Gasteiger partial charge in [0.25, 0.3) is 0 Å². The summed E-state index contributed by atoms with van der Waals surface area (Å²) >= 11 is 0. The van der Waals surface area contributed by atoms with Gasteiger partial charge >= 0.3 is 0 Å². The zero-order valence-corrected chi connectivity index (χ0v) is 9.69. The Kier molecular flexibility index (Phi) is 3.72. The number of piperazine rings is 1. The molecule has 0 saturated carbocycles. The van der Waals surface area contributed by atoms with Gasteiger partial charge in [0.15, 0.2) is 0 Å². The summed E-state index contributed by atoms with van der Waals surface area (Å²) in [6.45, 7) is 7.09. The molecule has 88 valence electrons. The molecule has 0 atom stereocenters. The molecule has 2 rings (SSSR count). The summed E-state index contributed by atoms with van der Waals surface area (Å²) in [4.78, 5) is 8.82. The monoisotopic (exact) mass is 223 g/mol. The van der Waals surface area contributed by atoms with Crippen LogP contribution in [0.2, 0.25) is 0 Å². The molecule has 0 unspecified atom stereocenters. The van der Waals surface area contributed by atoms with Gasteiger partial charge in [-0.2, -0.15) is 0 Å². The third kappa shape index (κ3) is 2.50. The SMILES string of the molecule is CCN1CCN(c2ccc(CF)nc2)CC1. The van der Waals surface area contributed by atoms with Crippen molar-refractivity contribution in [3.63, 3.8) is 0 Å². The lowest BCUT2D eigenvalue weighted by Crippen LogP contribution is -2.46. The number of anilines is 1. The molecule has 0 spiro atoms. The van der Waals surface area contributed by atoms with Crippen molar-refractivity contribution in [2.75, 3.05) is 37.6 Å². The van der Waals surface area contributed by atoms with Crippen molar-refractivity contribution in [1.82, 2.24) is 9.88 Å². The van der Waals surface area contributed by atoms with Gasteiger partial charge in [0, 0.05) is 26.2 Å². The molecule has 1 saturated heterocycles. The van der Waals surface area contributed by atoms with Crippen LogP contribution in [0.3, 0.4) is 0 Å². The Bertz CT molecular complexity index is 318. The van der Waals surface area contributed by atoms with Crippen LogP contribution in [-0.4, -0.2) is 42.6 Å². The van der Waals surface area contributed by atoms with Crippen LogP contribution in [0.4, 0.5) is 10.1 Å². The lowest BCUT2D eigenvalue weighted by Gasteiger charge is -2.35. The molecule has 4 heteroatoms. The summed E-state index contributed by atoms with van der Waals surface area (Å²) in [6, 6.07) is 3.73. The van der Waals surface area contributed by atoms with E-state index in [1.165, 1.54) is 0 Å². The molecule has 1 aliphatic heterocycles. The van der Waals surface area contributed by atoms with Crippen molar-refractivity contribution < 1.29 is 4.39 Å². The standard InChI is InChI=1S/C12H18FN3/c1-2-15-5-7-16(8-6-15)12-4-3-11(9-13)14-10-12/h3-4,10H,2,5-9H2,1H3. The van der Waals surface area contributed by atoms with Gasteiger partial charge in [-0.15, -0.1) is 0 Å². The molecule has 0 radical (unpaired) electrons. The number of alkyl halides is 1. The Morgan fingerprint density at radius 2 is 2.00 bits per heavy atom. The number of likely N-dealkylation sites (N-methyl/N-ethyl adjacent to an activating group) is 1. The third-order valence-electron chi connectivity index (χ3n) is 3.13. The maximum absolute atomic E-state index is 12.3. The fraction of sp³-hybridized carbons (Fsp3) is 0.583. The van der Waals surface area contributed by atoms with Crippen LogP contribution in [0.1, 0.15) is 12.6 Å². The number of rotatable bonds is 3. The highest BCUT2D eigenvalue weighted by Gasteiger charge is 2.15. The summed E-state index contributed by atoms with van der Waals surface area (Å²) in [5, 5.41) is 0. The summed E-state index contributed by atoms with van der Waals surface area (Å²) in [7, 11) is 0. The molecule has 0 bridgehead atoms. The van der Waals surface area contributed by atoms with Gasteiger partial charge in [0.2, 0.25) is 0 Å². The van der Waals surface area contributed by atoms with Crippen molar-refractivity contribution in [3.05, 3.63) is 24.0 Å². The predicted molar refractivity (Wildman–Crippen MR) is 63.4 cm³/mol. The summed E-state index contributed by atoms with van der Waals surface area (Å²) < 4.78 is 12.3. The molecule has 1 fully saturated rings. The molecule has 2 heterocycles. The number of nitrogens with zero attached hydrogens (tertiary/aromatic N) is 3. The lowest BCUT2D eigenvalue weighted by molar-refractivity contribution is 0.271. The first-order chi connectivity index (χ1) is 7.83. The number of pyridine rings is 1. The maximum Gasteiger partial charge on any atom is 0.131 e. The van der Waals surface area contributed by atoms with E-state index in [1.807, 2.05) is 6.07 Å². The smallest absolute Gasteiger partial charge is 0.131 e. The van der Waals surface area contributed by atoms with Crippen molar-refractivity contribution in [1.29, 1.82) is 0 Å². The van der Waals surface area contributed by atoms with Gasteiger partial charge in [-0.3, -0.25) is 4.98 Å². The quantitative estimate of drug-likeness (QED) is 0.777. The molecule has 0 aromatic carbocycles. The minimum absolute atomic E-state index is 0.482. The summed E-state index contributed by atoms with van der Waals surface area (Å²) in [5.41, 5.74) is 1.61. The van der Waals surface area contributed by atoms with Crippen LogP contribution in [0, 0.1) is 0 Å². The molecule has 0 aliphatic carbocycles. The second kappa shape index (κ2) is 5.25. The minimum Gasteiger partial charge on any atom is -0.368 e. The molecule has 1 aromatic heterocycles. The summed E-state index contributed by atoms with van der Waals surface area (Å²) in [5.74, 6) is 0. The number of aromatic nitrogens is 1. The van der Waals surface area contributed by atoms with E-state index >= 15 is 0 Å². The van der Waals surface area contributed by atoms with E-state index in [2.05, 4.69) is 21.7 Å². The van der Waals surface area contributed by atoms with Gasteiger partial charge in [-0.1, -0.05) is 6.92 Å². The van der Waals surface area contributed by atoms with E-state index < -0.39 is 6.67 Å². The molecule has 1 aliphatic rings. The van der Waals surface area contributed by atoms with Gasteiger partial charge in [0.05, 0.1) is 17.6 Å². The molecular formula is C12H18FN3. The first-order valence-corrected chi connectivity index (χ1v) is 5.81. The number of hydrogen-bond acceptors (Lipinski definition) is 3. The first kappa shape index (κ1) is 11.3. The van der Waals surface area contributed by atoms with E-state index in [0.717, 1.165) is 38.4 Å². The van der Waals surface area contributed by atoms with Gasteiger partial charge in [-0.05, 0) is 18.7 Å². The molecule has 1 aromatic rings. The zero-order valence-electron chi connectivity index (χ0n) is 9.69. The van der Waals surface area contributed by atoms with Crippen LogP contribution in [-0.2, 0) is 6.67 Å². The minimum atomic E-state index is -0.482.